The van der Waals surface area contributed by atoms with Crippen LogP contribution in [0.4, 0.5) is 5.69 Å². The van der Waals surface area contributed by atoms with Crippen molar-refractivity contribution in [3.05, 3.63) is 47.5 Å². The van der Waals surface area contributed by atoms with E-state index in [0.29, 0.717) is 30.2 Å². The van der Waals surface area contributed by atoms with E-state index in [1.807, 2.05) is 17.0 Å². The Balaban J connectivity index is 1.72. The third-order valence-corrected chi connectivity index (χ3v) is 4.84. The Kier molecular flexibility index (Phi) is 5.74. The van der Waals surface area contributed by atoms with Crippen molar-refractivity contribution in [3.8, 4) is 17.2 Å². The van der Waals surface area contributed by atoms with E-state index in [9.17, 15) is 4.79 Å². The first-order chi connectivity index (χ1) is 13.0. The van der Waals surface area contributed by atoms with E-state index >= 15 is 0 Å². The number of amides is 1. The molecule has 1 fully saturated rings. The standard InChI is InChI=1S/C21H26N2O4/c1-15-5-6-20(27-4)19(11-15)22-7-9-23(10-8-22)21(24)16-12-17(25-2)14-18(13-16)26-3/h5-6,11-14H,7-10H2,1-4H3. The van der Waals surface area contributed by atoms with E-state index in [1.54, 1.807) is 39.5 Å². The lowest BCUT2D eigenvalue weighted by Crippen LogP contribution is -2.48. The molecule has 2 aromatic rings. The van der Waals surface area contributed by atoms with Gasteiger partial charge in [0.2, 0.25) is 0 Å². The maximum Gasteiger partial charge on any atom is 0.254 e. The number of benzene rings is 2. The van der Waals surface area contributed by atoms with Gasteiger partial charge >= 0.3 is 0 Å². The number of hydrogen-bond acceptors (Lipinski definition) is 5. The molecule has 0 bridgehead atoms. The molecule has 1 amide bonds. The summed E-state index contributed by atoms with van der Waals surface area (Å²) in [6, 6.07) is 11.4. The first-order valence-electron chi connectivity index (χ1n) is 8.97. The molecule has 144 valence electrons. The molecule has 0 atom stereocenters. The summed E-state index contributed by atoms with van der Waals surface area (Å²) >= 11 is 0. The Morgan fingerprint density at radius 1 is 0.852 bits per heavy atom. The summed E-state index contributed by atoms with van der Waals surface area (Å²) in [6.07, 6.45) is 0. The van der Waals surface area contributed by atoms with Gasteiger partial charge in [-0.2, -0.15) is 0 Å². The van der Waals surface area contributed by atoms with Gasteiger partial charge in [0, 0.05) is 37.8 Å². The monoisotopic (exact) mass is 370 g/mol. The molecule has 1 heterocycles. The van der Waals surface area contributed by atoms with Crippen molar-refractivity contribution in [2.75, 3.05) is 52.4 Å². The van der Waals surface area contributed by atoms with Gasteiger partial charge in [0.25, 0.3) is 5.91 Å². The number of piperazine rings is 1. The number of ether oxygens (including phenoxy) is 3. The van der Waals surface area contributed by atoms with Crippen LogP contribution in [0.1, 0.15) is 15.9 Å². The molecule has 1 aliphatic heterocycles. The Morgan fingerprint density at radius 3 is 2.04 bits per heavy atom. The Morgan fingerprint density at radius 2 is 1.48 bits per heavy atom. The fourth-order valence-corrected chi connectivity index (χ4v) is 3.31. The van der Waals surface area contributed by atoms with Gasteiger partial charge in [-0.1, -0.05) is 6.07 Å². The van der Waals surface area contributed by atoms with E-state index < -0.39 is 0 Å². The van der Waals surface area contributed by atoms with Crippen LogP contribution >= 0.6 is 0 Å². The predicted molar refractivity (Wildman–Crippen MR) is 105 cm³/mol. The van der Waals surface area contributed by atoms with Gasteiger partial charge in [0.15, 0.2) is 0 Å². The summed E-state index contributed by atoms with van der Waals surface area (Å²) in [5, 5.41) is 0. The van der Waals surface area contributed by atoms with Crippen LogP contribution in [0.25, 0.3) is 0 Å². The van der Waals surface area contributed by atoms with Gasteiger partial charge in [-0.15, -0.1) is 0 Å². The van der Waals surface area contributed by atoms with Crippen molar-refractivity contribution in [1.29, 1.82) is 0 Å². The summed E-state index contributed by atoms with van der Waals surface area (Å²) in [7, 11) is 4.85. The largest absolute Gasteiger partial charge is 0.497 e. The van der Waals surface area contributed by atoms with Gasteiger partial charge in [-0.05, 0) is 36.8 Å². The molecule has 0 aliphatic carbocycles. The molecule has 6 nitrogen and oxygen atoms in total. The highest BCUT2D eigenvalue weighted by molar-refractivity contribution is 5.95. The van der Waals surface area contributed by atoms with Crippen molar-refractivity contribution in [1.82, 2.24) is 4.90 Å². The highest BCUT2D eigenvalue weighted by atomic mass is 16.5. The lowest BCUT2D eigenvalue weighted by molar-refractivity contribution is 0.0746. The minimum absolute atomic E-state index is 0.0111. The van der Waals surface area contributed by atoms with Gasteiger partial charge in [0.1, 0.15) is 17.2 Å². The second-order valence-corrected chi connectivity index (χ2v) is 6.56. The minimum Gasteiger partial charge on any atom is -0.497 e. The summed E-state index contributed by atoms with van der Waals surface area (Å²) < 4.78 is 16.0. The number of methoxy groups -OCH3 is 3. The minimum atomic E-state index is -0.0111. The van der Waals surface area contributed by atoms with E-state index in [4.69, 9.17) is 14.2 Å². The topological polar surface area (TPSA) is 51.2 Å². The quantitative estimate of drug-likeness (QED) is 0.810. The molecule has 0 saturated carbocycles. The third-order valence-electron chi connectivity index (χ3n) is 4.84. The number of anilines is 1. The average molecular weight is 370 g/mol. The lowest BCUT2D eigenvalue weighted by atomic mass is 10.1. The first kappa shape index (κ1) is 18.9. The van der Waals surface area contributed by atoms with Crippen molar-refractivity contribution in [2.45, 2.75) is 6.92 Å². The summed E-state index contributed by atoms with van der Waals surface area (Å²) in [5.74, 6) is 2.07. The van der Waals surface area contributed by atoms with E-state index in [1.165, 1.54) is 5.56 Å². The zero-order valence-electron chi connectivity index (χ0n) is 16.3. The Bertz CT molecular complexity index is 792. The van der Waals surface area contributed by atoms with Crippen molar-refractivity contribution < 1.29 is 19.0 Å². The van der Waals surface area contributed by atoms with Crippen LogP contribution in [0.5, 0.6) is 17.2 Å². The summed E-state index contributed by atoms with van der Waals surface area (Å²) in [4.78, 5) is 17.1. The Hall–Kier alpha value is -2.89. The molecule has 0 unspecified atom stereocenters. The van der Waals surface area contributed by atoms with Crippen LogP contribution in [0, 0.1) is 6.92 Å². The number of nitrogens with zero attached hydrogens (tertiary/aromatic N) is 2. The van der Waals surface area contributed by atoms with Gasteiger partial charge in [0.05, 0.1) is 27.0 Å². The zero-order valence-corrected chi connectivity index (χ0v) is 16.3. The molecule has 3 rings (SSSR count). The number of aryl methyl sites for hydroxylation is 1. The third kappa shape index (κ3) is 4.10. The number of carbonyl (C=O) groups excluding carboxylic acids is 1. The fraction of sp³-hybridized carbons (Fsp3) is 0.381. The van der Waals surface area contributed by atoms with Gasteiger partial charge in [-0.3, -0.25) is 4.79 Å². The molecule has 1 aliphatic rings. The van der Waals surface area contributed by atoms with Crippen LogP contribution in [0.3, 0.4) is 0 Å². The molecular weight excluding hydrogens is 344 g/mol. The first-order valence-corrected chi connectivity index (χ1v) is 8.97. The SMILES string of the molecule is COc1cc(OC)cc(C(=O)N2CCN(c3cc(C)ccc3OC)CC2)c1. The second kappa shape index (κ2) is 8.20. The van der Waals surface area contributed by atoms with E-state index in [2.05, 4.69) is 17.9 Å². The normalized spacial score (nSPS) is 14.1. The average Bonchev–Trinajstić information content (AvgIpc) is 2.72. The smallest absolute Gasteiger partial charge is 0.254 e. The van der Waals surface area contributed by atoms with E-state index in [0.717, 1.165) is 24.5 Å². The highest BCUT2D eigenvalue weighted by Gasteiger charge is 2.24. The van der Waals surface area contributed by atoms with Crippen LogP contribution in [-0.4, -0.2) is 58.3 Å². The molecule has 0 N–H and O–H groups in total. The predicted octanol–water partition coefficient (Wildman–Crippen LogP) is 2.98. The maximum atomic E-state index is 12.9. The van der Waals surface area contributed by atoms with Crippen LogP contribution < -0.4 is 19.1 Å². The lowest BCUT2D eigenvalue weighted by Gasteiger charge is -2.36. The molecule has 0 radical (unpaired) electrons. The van der Waals surface area contributed by atoms with E-state index in [-0.39, 0.29) is 5.91 Å². The number of hydrogen-bond donors (Lipinski definition) is 0. The molecular formula is C21H26N2O4. The van der Waals surface area contributed by atoms with Crippen molar-refractivity contribution >= 4 is 11.6 Å². The van der Waals surface area contributed by atoms with Crippen molar-refractivity contribution in [2.24, 2.45) is 0 Å². The number of rotatable bonds is 5. The highest BCUT2D eigenvalue weighted by Crippen LogP contribution is 2.30. The maximum absolute atomic E-state index is 12.9. The molecule has 0 spiro atoms. The fourth-order valence-electron chi connectivity index (χ4n) is 3.31. The number of carbonyl (C=O) groups is 1. The molecule has 27 heavy (non-hydrogen) atoms. The van der Waals surface area contributed by atoms with Crippen LogP contribution in [-0.2, 0) is 0 Å². The van der Waals surface area contributed by atoms with Gasteiger partial charge < -0.3 is 24.0 Å². The van der Waals surface area contributed by atoms with Crippen molar-refractivity contribution in [3.63, 3.8) is 0 Å². The molecule has 6 heteroatoms. The second-order valence-electron chi connectivity index (χ2n) is 6.56. The van der Waals surface area contributed by atoms with Crippen LogP contribution in [0.2, 0.25) is 0 Å². The van der Waals surface area contributed by atoms with Gasteiger partial charge in [-0.25, -0.2) is 0 Å². The molecule has 0 aromatic heterocycles. The molecule has 1 saturated heterocycles. The van der Waals surface area contributed by atoms with Crippen LogP contribution in [0.15, 0.2) is 36.4 Å². The zero-order chi connectivity index (χ0) is 19.4. The Labute approximate surface area is 160 Å². The summed E-state index contributed by atoms with van der Waals surface area (Å²) in [5.41, 5.74) is 2.84. The summed E-state index contributed by atoms with van der Waals surface area (Å²) in [6.45, 7) is 4.88. The molecule has 2 aromatic carbocycles.